The van der Waals surface area contributed by atoms with Gasteiger partial charge in [0.2, 0.25) is 5.91 Å². The van der Waals surface area contributed by atoms with Crippen molar-refractivity contribution in [1.82, 2.24) is 25.1 Å². The number of aromatic nitrogens is 4. The summed E-state index contributed by atoms with van der Waals surface area (Å²) in [4.78, 5) is 27.2. The first-order valence-electron chi connectivity index (χ1n) is 8.84. The fourth-order valence-corrected chi connectivity index (χ4v) is 4.19. The van der Waals surface area contributed by atoms with Crippen LogP contribution in [0.25, 0.3) is 5.69 Å². The molecule has 0 saturated carbocycles. The SMILES string of the molecule is Cc1nnnn1-c1cc(NC(=O)C2CSCN2C(=O)c2ccccc2)ccc1F. The Balaban J connectivity index is 1.53. The molecule has 148 valence electrons. The number of thioether (sulfide) groups is 1. The highest BCUT2D eigenvalue weighted by atomic mass is 32.2. The molecule has 0 spiro atoms. The molecule has 0 radical (unpaired) electrons. The van der Waals surface area contributed by atoms with Gasteiger partial charge >= 0.3 is 0 Å². The van der Waals surface area contributed by atoms with Gasteiger partial charge in [-0.25, -0.2) is 4.39 Å². The molecular weight excluding hydrogens is 395 g/mol. The van der Waals surface area contributed by atoms with Crippen molar-refractivity contribution in [1.29, 1.82) is 0 Å². The van der Waals surface area contributed by atoms with E-state index in [0.717, 1.165) is 0 Å². The summed E-state index contributed by atoms with van der Waals surface area (Å²) in [5.41, 5.74) is 1.06. The molecule has 1 unspecified atom stereocenters. The van der Waals surface area contributed by atoms with E-state index in [0.29, 0.717) is 28.7 Å². The second kappa shape index (κ2) is 8.00. The minimum Gasteiger partial charge on any atom is -0.324 e. The number of anilines is 1. The molecule has 1 saturated heterocycles. The van der Waals surface area contributed by atoms with Gasteiger partial charge in [-0.3, -0.25) is 9.59 Å². The number of carbonyl (C=O) groups excluding carboxylic acids is 2. The maximum atomic E-state index is 14.2. The summed E-state index contributed by atoms with van der Waals surface area (Å²) >= 11 is 1.51. The first-order valence-corrected chi connectivity index (χ1v) is 9.99. The van der Waals surface area contributed by atoms with E-state index in [1.165, 1.54) is 34.6 Å². The van der Waals surface area contributed by atoms with E-state index in [2.05, 4.69) is 20.8 Å². The average molecular weight is 412 g/mol. The van der Waals surface area contributed by atoms with E-state index in [1.54, 1.807) is 36.1 Å². The minimum absolute atomic E-state index is 0.128. The predicted octanol–water partition coefficient (Wildman–Crippen LogP) is 2.26. The monoisotopic (exact) mass is 412 g/mol. The number of tetrazole rings is 1. The Kier molecular flexibility index (Phi) is 5.26. The van der Waals surface area contributed by atoms with Crippen LogP contribution in [-0.4, -0.2) is 54.6 Å². The number of benzene rings is 2. The van der Waals surface area contributed by atoms with Gasteiger partial charge in [-0.05, 0) is 47.7 Å². The molecule has 2 aromatic carbocycles. The van der Waals surface area contributed by atoms with Gasteiger partial charge in [-0.2, -0.15) is 4.68 Å². The first-order chi connectivity index (χ1) is 14.0. The van der Waals surface area contributed by atoms with Crippen molar-refractivity contribution >= 4 is 29.3 Å². The van der Waals surface area contributed by atoms with Crippen LogP contribution in [-0.2, 0) is 4.79 Å². The molecule has 1 N–H and O–H groups in total. The lowest BCUT2D eigenvalue weighted by molar-refractivity contribution is -0.119. The van der Waals surface area contributed by atoms with Gasteiger partial charge in [0, 0.05) is 17.0 Å². The zero-order valence-corrected chi connectivity index (χ0v) is 16.3. The smallest absolute Gasteiger partial charge is 0.255 e. The standard InChI is InChI=1S/C19H17FN6O2S/c1-12-22-23-24-26(12)16-9-14(7-8-15(16)20)21-18(27)17-10-29-11-25(17)19(28)13-5-3-2-4-6-13/h2-9,17H,10-11H2,1H3,(H,21,27). The first kappa shape index (κ1) is 19.1. The van der Waals surface area contributed by atoms with Crippen LogP contribution in [0.5, 0.6) is 0 Å². The summed E-state index contributed by atoms with van der Waals surface area (Å²) in [6, 6.07) is 12.4. The maximum absolute atomic E-state index is 14.2. The van der Waals surface area contributed by atoms with Crippen molar-refractivity contribution in [2.75, 3.05) is 16.9 Å². The molecule has 3 aromatic rings. The summed E-state index contributed by atoms with van der Waals surface area (Å²) in [7, 11) is 0. The van der Waals surface area contributed by atoms with E-state index in [4.69, 9.17) is 0 Å². The lowest BCUT2D eigenvalue weighted by atomic mass is 10.1. The number of aryl methyl sites for hydroxylation is 1. The summed E-state index contributed by atoms with van der Waals surface area (Å²) in [5, 5.41) is 13.8. The van der Waals surface area contributed by atoms with E-state index in [9.17, 15) is 14.0 Å². The predicted molar refractivity (Wildman–Crippen MR) is 106 cm³/mol. The lowest BCUT2D eigenvalue weighted by Crippen LogP contribution is -2.44. The molecule has 4 rings (SSSR count). The second-order valence-electron chi connectivity index (χ2n) is 6.45. The summed E-state index contributed by atoms with van der Waals surface area (Å²) in [6.07, 6.45) is 0. The molecule has 10 heteroatoms. The zero-order chi connectivity index (χ0) is 20.4. The van der Waals surface area contributed by atoms with Crippen LogP contribution < -0.4 is 5.32 Å². The van der Waals surface area contributed by atoms with Gasteiger partial charge < -0.3 is 10.2 Å². The van der Waals surface area contributed by atoms with Crippen molar-refractivity contribution < 1.29 is 14.0 Å². The van der Waals surface area contributed by atoms with E-state index in [-0.39, 0.29) is 17.5 Å². The van der Waals surface area contributed by atoms with Crippen molar-refractivity contribution in [2.45, 2.75) is 13.0 Å². The Morgan fingerprint density at radius 1 is 1.21 bits per heavy atom. The maximum Gasteiger partial charge on any atom is 0.255 e. The molecule has 0 bridgehead atoms. The van der Waals surface area contributed by atoms with E-state index >= 15 is 0 Å². The molecule has 1 aliphatic heterocycles. The Hall–Kier alpha value is -3.27. The number of nitrogens with one attached hydrogen (secondary N) is 1. The summed E-state index contributed by atoms with van der Waals surface area (Å²) in [6.45, 7) is 1.65. The molecule has 1 fully saturated rings. The quantitative estimate of drug-likeness (QED) is 0.707. The Morgan fingerprint density at radius 3 is 2.72 bits per heavy atom. The number of carbonyl (C=O) groups is 2. The second-order valence-corrected chi connectivity index (χ2v) is 7.45. The zero-order valence-electron chi connectivity index (χ0n) is 15.4. The fraction of sp³-hybridized carbons (Fsp3) is 0.211. The van der Waals surface area contributed by atoms with E-state index in [1.807, 2.05) is 6.07 Å². The van der Waals surface area contributed by atoms with Crippen LogP contribution >= 0.6 is 11.8 Å². The molecule has 2 heterocycles. The van der Waals surface area contributed by atoms with Crippen LogP contribution in [0.1, 0.15) is 16.2 Å². The van der Waals surface area contributed by atoms with Gasteiger partial charge in [0.15, 0.2) is 5.82 Å². The Bertz CT molecular complexity index is 1060. The molecule has 1 atom stereocenters. The normalized spacial score (nSPS) is 16.1. The number of amides is 2. The minimum atomic E-state index is -0.615. The van der Waals surface area contributed by atoms with Crippen LogP contribution in [0, 0.1) is 12.7 Å². The Labute approximate surface area is 170 Å². The molecule has 0 aliphatic carbocycles. The van der Waals surface area contributed by atoms with Crippen molar-refractivity contribution in [3.8, 4) is 5.69 Å². The van der Waals surface area contributed by atoms with Crippen molar-refractivity contribution in [2.24, 2.45) is 0 Å². The number of nitrogens with zero attached hydrogens (tertiary/aromatic N) is 5. The third-order valence-corrected chi connectivity index (χ3v) is 5.55. The number of halogens is 1. The average Bonchev–Trinajstić information content (AvgIpc) is 3.39. The largest absolute Gasteiger partial charge is 0.324 e. The summed E-state index contributed by atoms with van der Waals surface area (Å²) in [5.74, 6) is 0.301. The Morgan fingerprint density at radius 2 is 2.00 bits per heavy atom. The molecule has 29 heavy (non-hydrogen) atoms. The molecular formula is C19H17FN6O2S. The van der Waals surface area contributed by atoms with Gasteiger partial charge in [0.25, 0.3) is 5.91 Å². The highest BCUT2D eigenvalue weighted by molar-refractivity contribution is 7.99. The van der Waals surface area contributed by atoms with Crippen LogP contribution in [0.15, 0.2) is 48.5 Å². The van der Waals surface area contributed by atoms with Crippen molar-refractivity contribution in [3.63, 3.8) is 0 Å². The molecule has 1 aliphatic rings. The fourth-order valence-electron chi connectivity index (χ4n) is 3.04. The number of hydrogen-bond donors (Lipinski definition) is 1. The molecule has 2 amide bonds. The third kappa shape index (κ3) is 3.83. The van der Waals surface area contributed by atoms with Crippen LogP contribution in [0.2, 0.25) is 0 Å². The lowest BCUT2D eigenvalue weighted by Gasteiger charge is -2.23. The number of hydrogen-bond acceptors (Lipinski definition) is 6. The highest BCUT2D eigenvalue weighted by Gasteiger charge is 2.35. The molecule has 1 aromatic heterocycles. The number of rotatable bonds is 4. The molecule has 8 nitrogen and oxygen atoms in total. The van der Waals surface area contributed by atoms with Crippen molar-refractivity contribution in [3.05, 3.63) is 65.7 Å². The highest BCUT2D eigenvalue weighted by Crippen LogP contribution is 2.25. The van der Waals surface area contributed by atoms with Gasteiger partial charge in [-0.15, -0.1) is 16.9 Å². The van der Waals surface area contributed by atoms with Gasteiger partial charge in [-0.1, -0.05) is 18.2 Å². The summed E-state index contributed by atoms with van der Waals surface area (Å²) < 4.78 is 15.5. The topological polar surface area (TPSA) is 93.0 Å². The third-order valence-electron chi connectivity index (χ3n) is 4.53. The van der Waals surface area contributed by atoms with E-state index < -0.39 is 11.9 Å². The van der Waals surface area contributed by atoms with Crippen LogP contribution in [0.4, 0.5) is 10.1 Å². The van der Waals surface area contributed by atoms with Crippen LogP contribution in [0.3, 0.4) is 0 Å². The van der Waals surface area contributed by atoms with Gasteiger partial charge in [0.05, 0.1) is 5.88 Å². The van der Waals surface area contributed by atoms with Gasteiger partial charge in [0.1, 0.15) is 17.5 Å².